The lowest BCUT2D eigenvalue weighted by atomic mass is 10.3. The second-order valence-electron chi connectivity index (χ2n) is 3.42. The first-order valence-electron chi connectivity index (χ1n) is 4.54. The summed E-state index contributed by atoms with van der Waals surface area (Å²) in [4.78, 5) is 10.8. The zero-order valence-electron chi connectivity index (χ0n) is 8.15. The van der Waals surface area contributed by atoms with Crippen molar-refractivity contribution >= 4 is 15.8 Å². The van der Waals surface area contributed by atoms with E-state index in [0.717, 1.165) is 19.4 Å². The van der Waals surface area contributed by atoms with Crippen molar-refractivity contribution in [2.75, 3.05) is 25.2 Å². The van der Waals surface area contributed by atoms with Gasteiger partial charge in [-0.3, -0.25) is 4.79 Å². The highest BCUT2D eigenvalue weighted by Crippen LogP contribution is 2.08. The SMILES string of the molecule is COC(=O)CS(=O)(=O)C[C@@H]1CCCN1. The molecule has 0 amide bonds. The summed E-state index contributed by atoms with van der Waals surface area (Å²) in [5.41, 5.74) is 0. The Morgan fingerprint density at radius 3 is 2.79 bits per heavy atom. The number of carbonyl (C=O) groups excluding carboxylic acids is 1. The molecule has 0 unspecified atom stereocenters. The van der Waals surface area contributed by atoms with Crippen LogP contribution in [0.1, 0.15) is 12.8 Å². The lowest BCUT2D eigenvalue weighted by Crippen LogP contribution is -2.32. The Morgan fingerprint density at radius 2 is 2.29 bits per heavy atom. The van der Waals surface area contributed by atoms with Gasteiger partial charge < -0.3 is 10.1 Å². The van der Waals surface area contributed by atoms with Crippen LogP contribution < -0.4 is 5.32 Å². The smallest absolute Gasteiger partial charge is 0.320 e. The zero-order chi connectivity index (χ0) is 10.6. The van der Waals surface area contributed by atoms with Gasteiger partial charge in [0.1, 0.15) is 5.75 Å². The second-order valence-corrected chi connectivity index (χ2v) is 5.53. The molecular formula is C8H15NO4S. The number of sulfone groups is 1. The molecule has 5 nitrogen and oxygen atoms in total. The summed E-state index contributed by atoms with van der Waals surface area (Å²) in [6, 6.07) is 0.00431. The summed E-state index contributed by atoms with van der Waals surface area (Å²) < 4.78 is 27.1. The molecule has 1 fully saturated rings. The molecule has 0 aromatic heterocycles. The minimum Gasteiger partial charge on any atom is -0.468 e. The Bertz CT molecular complexity index is 292. The Kier molecular flexibility index (Phi) is 3.88. The standard InChI is InChI=1S/C8H15NO4S/c1-13-8(10)6-14(11,12)5-7-3-2-4-9-7/h7,9H,2-6H2,1H3/t7-/m0/s1. The fraction of sp³-hybridized carbons (Fsp3) is 0.875. The fourth-order valence-electron chi connectivity index (χ4n) is 1.50. The van der Waals surface area contributed by atoms with E-state index in [4.69, 9.17) is 0 Å². The number of hydrogen-bond acceptors (Lipinski definition) is 5. The predicted octanol–water partition coefficient (Wildman–Crippen LogP) is -0.674. The summed E-state index contributed by atoms with van der Waals surface area (Å²) in [6.45, 7) is 0.860. The van der Waals surface area contributed by atoms with Crippen LogP contribution in [0.25, 0.3) is 0 Å². The van der Waals surface area contributed by atoms with Crippen LogP contribution in [0.4, 0.5) is 0 Å². The lowest BCUT2D eigenvalue weighted by molar-refractivity contribution is -0.137. The molecule has 1 aliphatic heterocycles. The Balaban J connectivity index is 2.44. The highest BCUT2D eigenvalue weighted by molar-refractivity contribution is 7.92. The number of esters is 1. The van der Waals surface area contributed by atoms with Crippen LogP contribution >= 0.6 is 0 Å². The fourth-order valence-corrected chi connectivity index (χ4v) is 3.00. The van der Waals surface area contributed by atoms with Crippen molar-refractivity contribution in [3.63, 3.8) is 0 Å². The molecule has 0 bridgehead atoms. The van der Waals surface area contributed by atoms with E-state index in [1.807, 2.05) is 0 Å². The predicted molar refractivity (Wildman–Crippen MR) is 51.7 cm³/mol. The Hall–Kier alpha value is -0.620. The van der Waals surface area contributed by atoms with Crippen LogP contribution in [0.3, 0.4) is 0 Å². The highest BCUT2D eigenvalue weighted by atomic mass is 32.2. The van der Waals surface area contributed by atoms with E-state index in [9.17, 15) is 13.2 Å². The summed E-state index contributed by atoms with van der Waals surface area (Å²) in [5.74, 6) is -1.17. The third-order valence-corrected chi connectivity index (χ3v) is 3.77. The molecule has 1 saturated heterocycles. The molecule has 82 valence electrons. The normalized spacial score (nSPS) is 22.2. The van der Waals surface area contributed by atoms with Crippen LogP contribution in [-0.2, 0) is 19.4 Å². The molecule has 6 heteroatoms. The number of ether oxygens (including phenoxy) is 1. The van der Waals surface area contributed by atoms with Gasteiger partial charge in [-0.05, 0) is 19.4 Å². The average molecular weight is 221 g/mol. The maximum absolute atomic E-state index is 11.4. The van der Waals surface area contributed by atoms with Gasteiger partial charge in [-0.15, -0.1) is 0 Å². The van der Waals surface area contributed by atoms with Crippen LogP contribution in [0.15, 0.2) is 0 Å². The monoisotopic (exact) mass is 221 g/mol. The molecule has 0 aromatic rings. The van der Waals surface area contributed by atoms with Crippen molar-refractivity contribution in [1.29, 1.82) is 0 Å². The molecule has 1 N–H and O–H groups in total. The number of nitrogens with one attached hydrogen (secondary N) is 1. The lowest BCUT2D eigenvalue weighted by Gasteiger charge is -2.09. The molecule has 1 rings (SSSR count). The van der Waals surface area contributed by atoms with Crippen LogP contribution in [0.5, 0.6) is 0 Å². The van der Waals surface area contributed by atoms with E-state index in [0.29, 0.717) is 0 Å². The van der Waals surface area contributed by atoms with Gasteiger partial charge >= 0.3 is 5.97 Å². The largest absolute Gasteiger partial charge is 0.468 e. The molecule has 0 radical (unpaired) electrons. The molecule has 14 heavy (non-hydrogen) atoms. The molecule has 1 atom stereocenters. The van der Waals surface area contributed by atoms with Crippen LogP contribution in [0, 0.1) is 0 Å². The highest BCUT2D eigenvalue weighted by Gasteiger charge is 2.24. The van der Waals surface area contributed by atoms with Crippen molar-refractivity contribution in [2.45, 2.75) is 18.9 Å². The minimum absolute atomic E-state index is 0.00431. The van der Waals surface area contributed by atoms with Crippen LogP contribution in [-0.4, -0.2) is 45.6 Å². The first kappa shape index (κ1) is 11.5. The van der Waals surface area contributed by atoms with E-state index >= 15 is 0 Å². The third kappa shape index (κ3) is 3.63. The quantitative estimate of drug-likeness (QED) is 0.637. The first-order chi connectivity index (χ1) is 6.53. The van der Waals surface area contributed by atoms with Gasteiger partial charge in [0, 0.05) is 6.04 Å². The van der Waals surface area contributed by atoms with Gasteiger partial charge in [0.05, 0.1) is 12.9 Å². The molecule has 1 aliphatic rings. The van der Waals surface area contributed by atoms with E-state index in [1.165, 1.54) is 7.11 Å². The molecule has 0 spiro atoms. The van der Waals surface area contributed by atoms with Crippen LogP contribution in [0.2, 0.25) is 0 Å². The zero-order valence-corrected chi connectivity index (χ0v) is 8.97. The molecule has 1 heterocycles. The van der Waals surface area contributed by atoms with Crippen molar-refractivity contribution < 1.29 is 17.9 Å². The van der Waals surface area contributed by atoms with Gasteiger partial charge in [0.25, 0.3) is 0 Å². The maximum atomic E-state index is 11.4. The number of rotatable bonds is 4. The average Bonchev–Trinajstić information content (AvgIpc) is 2.54. The van der Waals surface area contributed by atoms with Gasteiger partial charge in [-0.2, -0.15) is 0 Å². The maximum Gasteiger partial charge on any atom is 0.320 e. The number of methoxy groups -OCH3 is 1. The topological polar surface area (TPSA) is 72.5 Å². The molecule has 0 aromatic carbocycles. The third-order valence-electron chi connectivity index (χ3n) is 2.18. The van der Waals surface area contributed by atoms with Crippen molar-refractivity contribution in [3.05, 3.63) is 0 Å². The minimum atomic E-state index is -3.31. The summed E-state index contributed by atoms with van der Waals surface area (Å²) in [5, 5.41) is 3.07. The Morgan fingerprint density at radius 1 is 1.57 bits per heavy atom. The van der Waals surface area contributed by atoms with Gasteiger partial charge in [0.2, 0.25) is 0 Å². The molecule has 0 saturated carbocycles. The van der Waals surface area contributed by atoms with Crippen molar-refractivity contribution in [1.82, 2.24) is 5.32 Å². The Labute approximate surface area is 83.7 Å². The van der Waals surface area contributed by atoms with E-state index in [2.05, 4.69) is 10.1 Å². The van der Waals surface area contributed by atoms with Gasteiger partial charge in [0.15, 0.2) is 9.84 Å². The van der Waals surface area contributed by atoms with E-state index < -0.39 is 21.6 Å². The second kappa shape index (κ2) is 4.75. The van der Waals surface area contributed by atoms with E-state index in [-0.39, 0.29) is 11.8 Å². The summed E-state index contributed by atoms with van der Waals surface area (Å²) in [6.07, 6.45) is 1.86. The van der Waals surface area contributed by atoms with Crippen molar-refractivity contribution in [2.24, 2.45) is 0 Å². The summed E-state index contributed by atoms with van der Waals surface area (Å²) >= 11 is 0. The number of hydrogen-bond donors (Lipinski definition) is 1. The summed E-state index contributed by atoms with van der Waals surface area (Å²) in [7, 11) is -2.13. The molecule has 0 aliphatic carbocycles. The van der Waals surface area contributed by atoms with Gasteiger partial charge in [-0.25, -0.2) is 8.42 Å². The van der Waals surface area contributed by atoms with Gasteiger partial charge in [-0.1, -0.05) is 0 Å². The van der Waals surface area contributed by atoms with Crippen molar-refractivity contribution in [3.8, 4) is 0 Å². The first-order valence-corrected chi connectivity index (χ1v) is 6.36. The molecular weight excluding hydrogens is 206 g/mol. The number of carbonyl (C=O) groups is 1. The van der Waals surface area contributed by atoms with E-state index in [1.54, 1.807) is 0 Å².